The highest BCUT2D eigenvalue weighted by atomic mass is 15.4. The van der Waals surface area contributed by atoms with E-state index in [-0.39, 0.29) is 0 Å². The molecular formula is C25H33N5. The molecule has 3 heterocycles. The van der Waals surface area contributed by atoms with E-state index in [0.29, 0.717) is 11.8 Å². The summed E-state index contributed by atoms with van der Waals surface area (Å²) in [6.07, 6.45) is 0. The van der Waals surface area contributed by atoms with Crippen LogP contribution in [-0.2, 0) is 0 Å². The molecule has 3 rings (SSSR count). The number of hydrogen-bond acceptors (Lipinski definition) is 3. The minimum atomic E-state index is 0.406. The van der Waals surface area contributed by atoms with E-state index in [1.807, 2.05) is 41.4 Å². The van der Waals surface area contributed by atoms with E-state index in [9.17, 15) is 0 Å². The van der Waals surface area contributed by atoms with Crippen molar-refractivity contribution >= 4 is 11.4 Å². The molecular weight excluding hydrogens is 370 g/mol. The molecule has 0 bridgehead atoms. The Morgan fingerprint density at radius 3 is 1.47 bits per heavy atom. The normalized spacial score (nSPS) is 13.0. The second kappa shape index (κ2) is 8.82. The first-order valence-electron chi connectivity index (χ1n) is 10.6. The predicted octanol–water partition coefficient (Wildman–Crippen LogP) is 6.09. The van der Waals surface area contributed by atoms with Crippen molar-refractivity contribution in [2.45, 2.75) is 67.2 Å². The molecule has 5 nitrogen and oxygen atoms in total. The lowest BCUT2D eigenvalue weighted by atomic mass is 10.1. The molecule has 3 aromatic rings. The molecule has 158 valence electrons. The SMILES string of the molecule is CC(=Nn1c(C)ccc1C(C)C)c1cccc(C(C)=Nn2c(C)ccc2C(C)C)n1. The zero-order valence-electron chi connectivity index (χ0n) is 19.4. The highest BCUT2D eigenvalue weighted by Gasteiger charge is 2.12. The average molecular weight is 404 g/mol. The molecule has 5 heteroatoms. The third-order valence-electron chi connectivity index (χ3n) is 5.32. The van der Waals surface area contributed by atoms with Crippen LogP contribution in [0.15, 0.2) is 52.7 Å². The summed E-state index contributed by atoms with van der Waals surface area (Å²) in [6, 6.07) is 14.5. The van der Waals surface area contributed by atoms with Gasteiger partial charge in [0.05, 0.1) is 22.8 Å². The van der Waals surface area contributed by atoms with E-state index in [2.05, 4.69) is 65.8 Å². The van der Waals surface area contributed by atoms with E-state index in [0.717, 1.165) is 34.2 Å². The zero-order valence-corrected chi connectivity index (χ0v) is 19.4. The van der Waals surface area contributed by atoms with Gasteiger partial charge in [-0.1, -0.05) is 33.8 Å². The van der Waals surface area contributed by atoms with Crippen LogP contribution in [0.3, 0.4) is 0 Å². The number of hydrogen-bond donors (Lipinski definition) is 0. The Morgan fingerprint density at radius 1 is 0.700 bits per heavy atom. The number of nitrogens with zero attached hydrogens (tertiary/aromatic N) is 5. The van der Waals surface area contributed by atoms with Gasteiger partial charge >= 0.3 is 0 Å². The van der Waals surface area contributed by atoms with Crippen molar-refractivity contribution in [1.29, 1.82) is 0 Å². The Balaban J connectivity index is 1.97. The van der Waals surface area contributed by atoms with Gasteiger partial charge < -0.3 is 0 Å². The fourth-order valence-corrected chi connectivity index (χ4v) is 3.49. The maximum Gasteiger partial charge on any atom is 0.0867 e. The fourth-order valence-electron chi connectivity index (χ4n) is 3.49. The van der Waals surface area contributed by atoms with E-state index in [1.165, 1.54) is 11.4 Å². The summed E-state index contributed by atoms with van der Waals surface area (Å²) in [7, 11) is 0. The average Bonchev–Trinajstić information content (AvgIpc) is 3.25. The second-order valence-corrected chi connectivity index (χ2v) is 8.51. The minimum absolute atomic E-state index is 0.406. The van der Waals surface area contributed by atoms with Crippen molar-refractivity contribution in [3.05, 3.63) is 76.6 Å². The van der Waals surface area contributed by atoms with Crippen molar-refractivity contribution in [2.24, 2.45) is 10.2 Å². The van der Waals surface area contributed by atoms with Crippen molar-refractivity contribution in [1.82, 2.24) is 14.3 Å². The van der Waals surface area contributed by atoms with Crippen molar-refractivity contribution in [3.8, 4) is 0 Å². The first-order chi connectivity index (χ1) is 14.2. The monoisotopic (exact) mass is 403 g/mol. The van der Waals surface area contributed by atoms with Crippen LogP contribution in [0.25, 0.3) is 0 Å². The first-order valence-corrected chi connectivity index (χ1v) is 10.6. The van der Waals surface area contributed by atoms with Crippen LogP contribution in [-0.4, -0.2) is 25.8 Å². The number of rotatable bonds is 6. The highest BCUT2D eigenvalue weighted by molar-refractivity contribution is 6.00. The Labute approximate surface area is 180 Å². The molecule has 3 aromatic heterocycles. The topological polar surface area (TPSA) is 47.5 Å². The van der Waals surface area contributed by atoms with Crippen molar-refractivity contribution in [3.63, 3.8) is 0 Å². The molecule has 0 N–H and O–H groups in total. The summed E-state index contributed by atoms with van der Waals surface area (Å²) in [5.74, 6) is 0.813. The molecule has 0 saturated heterocycles. The third-order valence-corrected chi connectivity index (χ3v) is 5.32. The maximum absolute atomic E-state index is 4.86. The smallest absolute Gasteiger partial charge is 0.0867 e. The molecule has 0 fully saturated rings. The third kappa shape index (κ3) is 4.45. The van der Waals surface area contributed by atoms with Crippen LogP contribution >= 0.6 is 0 Å². The predicted molar refractivity (Wildman–Crippen MR) is 126 cm³/mol. The lowest BCUT2D eigenvalue weighted by molar-refractivity contribution is 0.711. The molecule has 0 atom stereocenters. The van der Waals surface area contributed by atoms with Crippen LogP contribution in [0.2, 0.25) is 0 Å². The first kappa shape index (κ1) is 21.8. The fraction of sp³-hybridized carbons (Fsp3) is 0.400. The van der Waals surface area contributed by atoms with Gasteiger partial charge in [0, 0.05) is 22.8 Å². The molecule has 0 radical (unpaired) electrons. The summed E-state index contributed by atoms with van der Waals surface area (Å²) in [5.41, 5.74) is 8.12. The van der Waals surface area contributed by atoms with E-state index >= 15 is 0 Å². The molecule has 0 aliphatic rings. The standard InChI is InChI=1S/C25H33N5/c1-16(2)24-14-12-18(5)29(24)27-20(7)22-10-9-11-23(26-22)21(8)28-30-19(6)13-15-25(30)17(3)4/h9-17H,1-8H3. The molecule has 0 spiro atoms. The van der Waals surface area contributed by atoms with Gasteiger partial charge in [-0.05, 0) is 75.9 Å². The zero-order chi connectivity index (χ0) is 22.0. The van der Waals surface area contributed by atoms with E-state index in [1.54, 1.807) is 0 Å². The maximum atomic E-state index is 4.86. The molecule has 0 aliphatic heterocycles. The lowest BCUT2D eigenvalue weighted by Crippen LogP contribution is -2.10. The van der Waals surface area contributed by atoms with E-state index < -0.39 is 0 Å². The molecule has 30 heavy (non-hydrogen) atoms. The van der Waals surface area contributed by atoms with Gasteiger partial charge in [-0.15, -0.1) is 0 Å². The Hall–Kier alpha value is -2.95. The van der Waals surface area contributed by atoms with Crippen molar-refractivity contribution in [2.75, 3.05) is 0 Å². The largest absolute Gasteiger partial charge is 0.245 e. The Kier molecular flexibility index (Phi) is 6.40. The highest BCUT2D eigenvalue weighted by Crippen LogP contribution is 2.20. The minimum Gasteiger partial charge on any atom is -0.245 e. The lowest BCUT2D eigenvalue weighted by Gasteiger charge is -2.12. The summed E-state index contributed by atoms with van der Waals surface area (Å²) < 4.78 is 4.04. The number of aromatic nitrogens is 3. The van der Waals surface area contributed by atoms with Crippen LogP contribution in [0.4, 0.5) is 0 Å². The summed E-state index contributed by atoms with van der Waals surface area (Å²) in [6.45, 7) is 16.9. The quantitative estimate of drug-likeness (QED) is 0.459. The number of pyridine rings is 1. The summed E-state index contributed by atoms with van der Waals surface area (Å²) >= 11 is 0. The van der Waals surface area contributed by atoms with Gasteiger partial charge in [0.1, 0.15) is 0 Å². The molecule has 0 unspecified atom stereocenters. The van der Waals surface area contributed by atoms with Gasteiger partial charge in [0.25, 0.3) is 0 Å². The summed E-state index contributed by atoms with van der Waals surface area (Å²) in [5, 5.41) is 9.73. The van der Waals surface area contributed by atoms with Crippen LogP contribution in [0.5, 0.6) is 0 Å². The molecule has 0 saturated carbocycles. The van der Waals surface area contributed by atoms with Gasteiger partial charge in [0.15, 0.2) is 0 Å². The van der Waals surface area contributed by atoms with Crippen LogP contribution in [0.1, 0.15) is 87.5 Å². The van der Waals surface area contributed by atoms with Crippen LogP contribution in [0, 0.1) is 13.8 Å². The van der Waals surface area contributed by atoms with Gasteiger partial charge in [0.2, 0.25) is 0 Å². The van der Waals surface area contributed by atoms with E-state index in [4.69, 9.17) is 15.2 Å². The van der Waals surface area contributed by atoms with Gasteiger partial charge in [-0.25, -0.2) is 14.3 Å². The van der Waals surface area contributed by atoms with Gasteiger partial charge in [-0.2, -0.15) is 10.2 Å². The molecule has 0 amide bonds. The second-order valence-electron chi connectivity index (χ2n) is 8.51. The van der Waals surface area contributed by atoms with Crippen LogP contribution < -0.4 is 0 Å². The Morgan fingerprint density at radius 2 is 1.10 bits per heavy atom. The Bertz CT molecular complexity index is 1010. The van der Waals surface area contributed by atoms with Gasteiger partial charge in [-0.3, -0.25) is 0 Å². The number of aryl methyl sites for hydroxylation is 2. The molecule has 0 aliphatic carbocycles. The van der Waals surface area contributed by atoms with Crippen molar-refractivity contribution < 1.29 is 0 Å². The molecule has 0 aromatic carbocycles. The summed E-state index contributed by atoms with van der Waals surface area (Å²) in [4.78, 5) is 4.85.